The van der Waals surface area contributed by atoms with Gasteiger partial charge >= 0.3 is 0 Å². The van der Waals surface area contributed by atoms with Gasteiger partial charge < -0.3 is 4.74 Å². The maximum atomic E-state index is 12.4. The van der Waals surface area contributed by atoms with Crippen LogP contribution in [0.25, 0.3) is 0 Å². The zero-order valence-corrected chi connectivity index (χ0v) is 14.2. The Hall–Kier alpha value is -2.44. The van der Waals surface area contributed by atoms with E-state index in [4.69, 9.17) is 16.3 Å². The molecule has 0 spiro atoms. The van der Waals surface area contributed by atoms with Crippen molar-refractivity contribution in [3.63, 3.8) is 0 Å². The molecule has 0 aliphatic carbocycles. The summed E-state index contributed by atoms with van der Waals surface area (Å²) in [7, 11) is 1.57. The number of nitrogens with one attached hydrogen (secondary N) is 1. The summed E-state index contributed by atoms with van der Waals surface area (Å²) in [5.41, 5.74) is 3.42. The second-order valence-electron chi connectivity index (χ2n) is 4.88. The number of thioether (sulfide) groups is 1. The van der Waals surface area contributed by atoms with Crippen LogP contribution in [0.15, 0.2) is 64.4 Å². The Morgan fingerprint density at radius 3 is 2.33 bits per heavy atom. The van der Waals surface area contributed by atoms with Crippen LogP contribution < -0.4 is 10.2 Å². The van der Waals surface area contributed by atoms with Gasteiger partial charge in [0.2, 0.25) is 0 Å². The van der Waals surface area contributed by atoms with Gasteiger partial charge in [0.15, 0.2) is 0 Å². The lowest BCUT2D eigenvalue weighted by molar-refractivity contribution is -0.135. The van der Waals surface area contributed by atoms with Gasteiger partial charge in [0.1, 0.15) is 5.75 Å². The average Bonchev–Trinajstić information content (AvgIpc) is 2.85. The number of rotatable bonds is 5. The first-order valence-corrected chi connectivity index (χ1v) is 8.20. The fraction of sp³-hybridized carbons (Fsp3) is 0.0588. The Balaban J connectivity index is 1.70. The smallest absolute Gasteiger partial charge is 0.286 e. The van der Waals surface area contributed by atoms with Crippen LogP contribution in [0, 0.1) is 0 Å². The number of hydrogen-bond donors (Lipinski definition) is 1. The molecule has 0 unspecified atom stereocenters. The van der Waals surface area contributed by atoms with Crippen molar-refractivity contribution in [3.05, 3.63) is 64.5 Å². The van der Waals surface area contributed by atoms with Gasteiger partial charge in [-0.15, -0.1) is 0 Å². The van der Waals surface area contributed by atoms with E-state index in [-0.39, 0.29) is 0 Å². The minimum absolute atomic E-state index is 0.350. The van der Waals surface area contributed by atoms with Crippen molar-refractivity contribution in [2.75, 3.05) is 12.5 Å². The summed E-state index contributed by atoms with van der Waals surface area (Å²) in [6.45, 7) is 0. The van der Waals surface area contributed by atoms with Crippen LogP contribution in [0.4, 0.5) is 5.69 Å². The van der Waals surface area contributed by atoms with E-state index in [1.807, 2.05) is 0 Å². The summed E-state index contributed by atoms with van der Waals surface area (Å²) in [5.74, 6) is -0.111. The number of halogens is 1. The van der Waals surface area contributed by atoms with Crippen LogP contribution in [0.5, 0.6) is 5.75 Å². The van der Waals surface area contributed by atoms with Crippen molar-refractivity contribution in [3.8, 4) is 5.75 Å². The van der Waals surface area contributed by atoms with E-state index in [0.29, 0.717) is 21.4 Å². The molecule has 5 nitrogen and oxygen atoms in total. The molecule has 0 saturated carbocycles. The number of hydrazine groups is 1. The lowest BCUT2D eigenvalue weighted by atomic mass is 10.3. The third kappa shape index (κ3) is 3.55. The number of imide groups is 1. The van der Waals surface area contributed by atoms with Crippen molar-refractivity contribution in [2.45, 2.75) is 4.90 Å². The van der Waals surface area contributed by atoms with E-state index in [2.05, 4.69) is 5.43 Å². The summed E-state index contributed by atoms with van der Waals surface area (Å²) in [6, 6.07) is 14.0. The molecular formula is C17H13ClN2O3S. The van der Waals surface area contributed by atoms with Crippen LogP contribution >= 0.6 is 23.4 Å². The van der Waals surface area contributed by atoms with Gasteiger partial charge in [-0.1, -0.05) is 23.4 Å². The topological polar surface area (TPSA) is 58.6 Å². The maximum absolute atomic E-state index is 12.4. The molecule has 0 fully saturated rings. The summed E-state index contributed by atoms with van der Waals surface area (Å²) in [6.07, 6.45) is 1.32. The van der Waals surface area contributed by atoms with Crippen molar-refractivity contribution in [1.29, 1.82) is 0 Å². The fourth-order valence-electron chi connectivity index (χ4n) is 2.05. The molecule has 24 heavy (non-hydrogen) atoms. The summed E-state index contributed by atoms with van der Waals surface area (Å²) in [4.78, 5) is 25.7. The van der Waals surface area contributed by atoms with Crippen LogP contribution in [-0.2, 0) is 9.59 Å². The molecule has 7 heteroatoms. The molecule has 1 aliphatic rings. The lowest BCUT2D eigenvalue weighted by Gasteiger charge is -2.17. The number of methoxy groups -OCH3 is 1. The highest BCUT2D eigenvalue weighted by atomic mass is 35.5. The molecule has 1 heterocycles. The van der Waals surface area contributed by atoms with Gasteiger partial charge in [0, 0.05) is 16.0 Å². The van der Waals surface area contributed by atoms with Gasteiger partial charge in [-0.2, -0.15) is 5.01 Å². The first-order valence-electron chi connectivity index (χ1n) is 7.01. The second kappa shape index (κ2) is 6.98. The standard InChI is InChI=1S/C17H13ClN2O3S/c1-23-13-6-4-12(5-7-13)19-20-16(21)10-15(17(20)22)24-14-8-2-11(18)3-9-14/h2-10,19H,1H3. The molecule has 3 rings (SSSR count). The number of carbonyl (C=O) groups is 2. The minimum Gasteiger partial charge on any atom is -0.497 e. The molecule has 2 aromatic carbocycles. The van der Waals surface area contributed by atoms with E-state index in [0.717, 1.165) is 9.90 Å². The number of carbonyl (C=O) groups excluding carboxylic acids is 2. The van der Waals surface area contributed by atoms with Gasteiger partial charge in [-0.05, 0) is 48.5 Å². The minimum atomic E-state index is -0.410. The first kappa shape index (κ1) is 16.4. The average molecular weight is 361 g/mol. The Bertz CT molecular complexity index is 804. The first-order chi connectivity index (χ1) is 11.6. The van der Waals surface area contributed by atoms with Crippen molar-refractivity contribution in [2.24, 2.45) is 0 Å². The van der Waals surface area contributed by atoms with E-state index in [1.165, 1.54) is 17.8 Å². The quantitative estimate of drug-likeness (QED) is 0.823. The summed E-state index contributed by atoms with van der Waals surface area (Å²) in [5, 5.41) is 1.60. The van der Waals surface area contributed by atoms with Crippen LogP contribution in [0.3, 0.4) is 0 Å². The number of anilines is 1. The van der Waals surface area contributed by atoms with Crippen LogP contribution in [-0.4, -0.2) is 23.9 Å². The van der Waals surface area contributed by atoms with E-state index < -0.39 is 11.8 Å². The number of ether oxygens (including phenoxy) is 1. The number of benzene rings is 2. The largest absolute Gasteiger partial charge is 0.497 e. The second-order valence-corrected chi connectivity index (χ2v) is 6.44. The fourth-order valence-corrected chi connectivity index (χ4v) is 3.04. The molecule has 1 N–H and O–H groups in total. The normalized spacial score (nSPS) is 13.9. The van der Waals surface area contributed by atoms with Crippen molar-refractivity contribution < 1.29 is 14.3 Å². The van der Waals surface area contributed by atoms with Crippen molar-refractivity contribution >= 4 is 40.9 Å². The highest BCUT2D eigenvalue weighted by Gasteiger charge is 2.32. The van der Waals surface area contributed by atoms with E-state index >= 15 is 0 Å². The summed E-state index contributed by atoms with van der Waals surface area (Å²) < 4.78 is 5.07. The third-order valence-corrected chi connectivity index (χ3v) is 4.53. The highest BCUT2D eigenvalue weighted by molar-refractivity contribution is 8.04. The van der Waals surface area contributed by atoms with Gasteiger partial charge in [0.25, 0.3) is 11.8 Å². The number of amides is 2. The highest BCUT2D eigenvalue weighted by Crippen LogP contribution is 2.32. The Morgan fingerprint density at radius 1 is 1.04 bits per heavy atom. The molecule has 0 bridgehead atoms. The predicted molar refractivity (Wildman–Crippen MR) is 93.9 cm³/mol. The van der Waals surface area contributed by atoms with Crippen LogP contribution in [0.1, 0.15) is 0 Å². The lowest BCUT2D eigenvalue weighted by Crippen LogP contribution is -2.36. The third-order valence-electron chi connectivity index (χ3n) is 3.26. The molecule has 0 saturated heterocycles. The van der Waals surface area contributed by atoms with E-state index in [9.17, 15) is 9.59 Å². The molecule has 0 atom stereocenters. The SMILES string of the molecule is COc1ccc(NN2C(=O)C=C(Sc3ccc(Cl)cc3)C2=O)cc1. The van der Waals surface area contributed by atoms with Gasteiger partial charge in [0.05, 0.1) is 17.7 Å². The summed E-state index contributed by atoms with van der Waals surface area (Å²) >= 11 is 7.07. The predicted octanol–water partition coefficient (Wildman–Crippen LogP) is 3.72. The Labute approximate surface area is 148 Å². The molecule has 122 valence electrons. The molecule has 1 aliphatic heterocycles. The molecule has 0 radical (unpaired) electrons. The zero-order chi connectivity index (χ0) is 17.1. The Morgan fingerprint density at radius 2 is 1.71 bits per heavy atom. The maximum Gasteiger partial charge on any atom is 0.286 e. The van der Waals surface area contributed by atoms with Crippen molar-refractivity contribution in [1.82, 2.24) is 5.01 Å². The van der Waals surface area contributed by atoms with E-state index in [1.54, 1.807) is 55.6 Å². The molecular weight excluding hydrogens is 348 g/mol. The Kier molecular flexibility index (Phi) is 4.78. The monoisotopic (exact) mass is 360 g/mol. The number of nitrogens with zero attached hydrogens (tertiary/aromatic N) is 1. The molecule has 0 aromatic heterocycles. The number of hydrogen-bond acceptors (Lipinski definition) is 5. The van der Waals surface area contributed by atoms with Crippen LogP contribution in [0.2, 0.25) is 5.02 Å². The molecule has 2 aromatic rings. The van der Waals surface area contributed by atoms with Gasteiger partial charge in [-0.3, -0.25) is 15.0 Å². The molecule has 2 amide bonds. The zero-order valence-electron chi connectivity index (χ0n) is 12.7. The van der Waals surface area contributed by atoms with Gasteiger partial charge in [-0.25, -0.2) is 0 Å².